The molecule has 1 fully saturated rings. The molecule has 1 aromatic carbocycles. The molecular formula is C18H19FN2O2. The first kappa shape index (κ1) is 15.5. The monoisotopic (exact) mass is 314 g/mol. The van der Waals surface area contributed by atoms with Crippen molar-refractivity contribution in [2.75, 3.05) is 13.1 Å². The van der Waals surface area contributed by atoms with E-state index in [0.717, 1.165) is 12.0 Å². The Morgan fingerprint density at radius 1 is 1.35 bits per heavy atom. The summed E-state index contributed by atoms with van der Waals surface area (Å²) in [6, 6.07) is 10.2. The van der Waals surface area contributed by atoms with Gasteiger partial charge in [-0.1, -0.05) is 24.3 Å². The predicted octanol–water partition coefficient (Wildman–Crippen LogP) is 2.75. The number of amides is 1. The van der Waals surface area contributed by atoms with Gasteiger partial charge in [0.15, 0.2) is 0 Å². The number of nitrogens with zero attached hydrogens (tertiary/aromatic N) is 2. The molecule has 1 aromatic heterocycles. The summed E-state index contributed by atoms with van der Waals surface area (Å²) in [6.07, 6.45) is 2.54. The van der Waals surface area contributed by atoms with Gasteiger partial charge < -0.3 is 9.64 Å². The van der Waals surface area contributed by atoms with Gasteiger partial charge in [0.1, 0.15) is 11.9 Å². The van der Waals surface area contributed by atoms with E-state index in [0.29, 0.717) is 24.5 Å². The lowest BCUT2D eigenvalue weighted by Crippen LogP contribution is -2.32. The van der Waals surface area contributed by atoms with Gasteiger partial charge in [-0.2, -0.15) is 0 Å². The van der Waals surface area contributed by atoms with Gasteiger partial charge in [-0.15, -0.1) is 0 Å². The van der Waals surface area contributed by atoms with Gasteiger partial charge in [-0.3, -0.25) is 4.79 Å². The fourth-order valence-electron chi connectivity index (χ4n) is 2.66. The highest BCUT2D eigenvalue weighted by atomic mass is 19.1. The van der Waals surface area contributed by atoms with Crippen LogP contribution in [0.2, 0.25) is 0 Å². The number of aryl methyl sites for hydroxylation is 1. The number of aromatic nitrogens is 1. The number of likely N-dealkylation sites (tertiary alicyclic amines) is 1. The standard InChI is InChI=1S/C18H19FN2O2/c1-13-6-7-17(20-11-13)23-15-8-9-21(12-15)18(22)10-14-4-2-3-5-16(14)19/h2-7,11,15H,8-10,12H2,1H3. The van der Waals surface area contributed by atoms with Crippen LogP contribution in [0.1, 0.15) is 17.5 Å². The number of halogens is 1. The lowest BCUT2D eigenvalue weighted by Gasteiger charge is -2.17. The van der Waals surface area contributed by atoms with Crippen LogP contribution in [0.3, 0.4) is 0 Å². The highest BCUT2D eigenvalue weighted by molar-refractivity contribution is 5.79. The molecule has 3 rings (SSSR count). The van der Waals surface area contributed by atoms with Crippen LogP contribution in [-0.4, -0.2) is 35.0 Å². The topological polar surface area (TPSA) is 42.4 Å². The Balaban J connectivity index is 1.55. The zero-order valence-electron chi connectivity index (χ0n) is 13.0. The largest absolute Gasteiger partial charge is 0.472 e. The number of pyridine rings is 1. The van der Waals surface area contributed by atoms with Crippen LogP contribution < -0.4 is 4.74 Å². The van der Waals surface area contributed by atoms with Crippen LogP contribution in [0.4, 0.5) is 4.39 Å². The summed E-state index contributed by atoms with van der Waals surface area (Å²) >= 11 is 0. The molecule has 1 aliphatic heterocycles. The van der Waals surface area contributed by atoms with Gasteiger partial charge in [-0.25, -0.2) is 9.37 Å². The van der Waals surface area contributed by atoms with Crippen molar-refractivity contribution in [1.29, 1.82) is 0 Å². The first-order valence-electron chi connectivity index (χ1n) is 7.72. The van der Waals surface area contributed by atoms with Gasteiger partial charge in [0.2, 0.25) is 11.8 Å². The molecule has 0 saturated carbocycles. The second-order valence-electron chi connectivity index (χ2n) is 5.81. The third-order valence-corrected chi connectivity index (χ3v) is 3.97. The van der Waals surface area contributed by atoms with E-state index in [-0.39, 0.29) is 24.2 Å². The number of benzene rings is 1. The van der Waals surface area contributed by atoms with Crippen LogP contribution in [-0.2, 0) is 11.2 Å². The summed E-state index contributed by atoms with van der Waals surface area (Å²) in [7, 11) is 0. The quantitative estimate of drug-likeness (QED) is 0.871. The molecule has 1 atom stereocenters. The lowest BCUT2D eigenvalue weighted by molar-refractivity contribution is -0.129. The molecule has 120 valence electrons. The van der Waals surface area contributed by atoms with E-state index < -0.39 is 0 Å². The van der Waals surface area contributed by atoms with Crippen LogP contribution in [0, 0.1) is 12.7 Å². The molecule has 1 amide bonds. The van der Waals surface area contributed by atoms with Crippen molar-refractivity contribution >= 4 is 5.91 Å². The summed E-state index contributed by atoms with van der Waals surface area (Å²) in [4.78, 5) is 18.2. The molecule has 0 bridgehead atoms. The first-order valence-corrected chi connectivity index (χ1v) is 7.72. The zero-order valence-corrected chi connectivity index (χ0v) is 13.0. The van der Waals surface area contributed by atoms with Crippen LogP contribution in [0.5, 0.6) is 5.88 Å². The molecule has 1 unspecified atom stereocenters. The minimum Gasteiger partial charge on any atom is -0.472 e. The average molecular weight is 314 g/mol. The van der Waals surface area contributed by atoms with E-state index in [1.807, 2.05) is 19.1 Å². The van der Waals surface area contributed by atoms with Gasteiger partial charge in [-0.05, 0) is 24.1 Å². The number of hydrogen-bond donors (Lipinski definition) is 0. The third-order valence-electron chi connectivity index (χ3n) is 3.97. The molecule has 2 heterocycles. The van der Waals surface area contributed by atoms with Crippen molar-refractivity contribution in [3.8, 4) is 5.88 Å². The van der Waals surface area contributed by atoms with Crippen LogP contribution in [0.15, 0.2) is 42.6 Å². The summed E-state index contributed by atoms with van der Waals surface area (Å²) < 4.78 is 19.4. The summed E-state index contributed by atoms with van der Waals surface area (Å²) in [6.45, 7) is 3.11. The maximum Gasteiger partial charge on any atom is 0.227 e. The van der Waals surface area contributed by atoms with Crippen molar-refractivity contribution in [3.63, 3.8) is 0 Å². The molecular weight excluding hydrogens is 295 g/mol. The van der Waals surface area contributed by atoms with Crippen LogP contribution >= 0.6 is 0 Å². The van der Waals surface area contributed by atoms with Gasteiger partial charge >= 0.3 is 0 Å². The normalized spacial score (nSPS) is 17.3. The van der Waals surface area contributed by atoms with Crippen molar-refractivity contribution in [2.24, 2.45) is 0 Å². The molecule has 1 saturated heterocycles. The Morgan fingerprint density at radius 3 is 2.91 bits per heavy atom. The van der Waals surface area contributed by atoms with E-state index in [4.69, 9.17) is 4.74 Å². The summed E-state index contributed by atoms with van der Waals surface area (Å²) in [5.74, 6) is 0.166. The zero-order chi connectivity index (χ0) is 16.2. The van der Waals surface area contributed by atoms with Crippen molar-refractivity contribution in [1.82, 2.24) is 9.88 Å². The van der Waals surface area contributed by atoms with Crippen molar-refractivity contribution < 1.29 is 13.9 Å². The highest BCUT2D eigenvalue weighted by Gasteiger charge is 2.28. The highest BCUT2D eigenvalue weighted by Crippen LogP contribution is 2.18. The Hall–Kier alpha value is -2.43. The van der Waals surface area contributed by atoms with E-state index in [1.54, 1.807) is 29.3 Å². The minimum absolute atomic E-state index is 0.0604. The SMILES string of the molecule is Cc1ccc(OC2CCN(C(=O)Cc3ccccc3F)C2)nc1. The molecule has 1 aliphatic rings. The maximum atomic E-state index is 13.6. The minimum atomic E-state index is -0.336. The fraction of sp³-hybridized carbons (Fsp3) is 0.333. The Labute approximate surface area is 134 Å². The molecule has 5 heteroatoms. The van der Waals surface area contributed by atoms with E-state index in [2.05, 4.69) is 4.98 Å². The Kier molecular flexibility index (Phi) is 4.55. The Morgan fingerprint density at radius 2 is 2.17 bits per heavy atom. The Bertz CT molecular complexity index is 688. The van der Waals surface area contributed by atoms with E-state index in [9.17, 15) is 9.18 Å². The summed E-state index contributed by atoms with van der Waals surface area (Å²) in [5, 5.41) is 0. The number of rotatable bonds is 4. The maximum absolute atomic E-state index is 13.6. The smallest absolute Gasteiger partial charge is 0.227 e. The van der Waals surface area contributed by atoms with Crippen LogP contribution in [0.25, 0.3) is 0 Å². The molecule has 0 aliphatic carbocycles. The third kappa shape index (κ3) is 3.86. The van der Waals surface area contributed by atoms with Gasteiger partial charge in [0.25, 0.3) is 0 Å². The summed E-state index contributed by atoms with van der Waals surface area (Å²) in [5.41, 5.74) is 1.51. The molecule has 2 aromatic rings. The second-order valence-corrected chi connectivity index (χ2v) is 5.81. The number of ether oxygens (including phenoxy) is 1. The number of hydrogen-bond acceptors (Lipinski definition) is 3. The van der Waals surface area contributed by atoms with Gasteiger partial charge in [0.05, 0.1) is 13.0 Å². The number of carbonyl (C=O) groups excluding carboxylic acids is 1. The molecule has 0 radical (unpaired) electrons. The first-order chi connectivity index (χ1) is 11.1. The second kappa shape index (κ2) is 6.77. The van der Waals surface area contributed by atoms with Crippen molar-refractivity contribution in [3.05, 3.63) is 59.5 Å². The van der Waals surface area contributed by atoms with E-state index in [1.165, 1.54) is 6.07 Å². The van der Waals surface area contributed by atoms with Crippen molar-refractivity contribution in [2.45, 2.75) is 25.9 Å². The van der Waals surface area contributed by atoms with E-state index >= 15 is 0 Å². The molecule has 0 spiro atoms. The predicted molar refractivity (Wildman–Crippen MR) is 84.7 cm³/mol. The molecule has 4 nitrogen and oxygen atoms in total. The molecule has 0 N–H and O–H groups in total. The van der Waals surface area contributed by atoms with Gasteiger partial charge in [0, 0.05) is 25.2 Å². The fourth-order valence-corrected chi connectivity index (χ4v) is 2.66. The lowest BCUT2D eigenvalue weighted by atomic mass is 10.1. The molecule has 23 heavy (non-hydrogen) atoms. The average Bonchev–Trinajstić information content (AvgIpc) is 3.00. The number of carbonyl (C=O) groups is 1.